The minimum Gasteiger partial charge on any atom is -0.494 e. The first-order chi connectivity index (χ1) is 8.32. The molecule has 0 aliphatic carbocycles. The maximum atomic E-state index is 12.8. The minimum absolute atomic E-state index is 0.280. The van der Waals surface area contributed by atoms with E-state index in [0.717, 1.165) is 7.11 Å². The molecule has 0 fully saturated rings. The average molecular weight is 266 g/mol. The lowest BCUT2D eigenvalue weighted by atomic mass is 10.1. The van der Waals surface area contributed by atoms with Gasteiger partial charge < -0.3 is 4.74 Å². The molecular formula is C10H7F5N2O. The van der Waals surface area contributed by atoms with E-state index < -0.39 is 36.0 Å². The van der Waals surface area contributed by atoms with E-state index >= 15 is 0 Å². The number of aromatic nitrogens is 1. The van der Waals surface area contributed by atoms with Gasteiger partial charge in [0.1, 0.15) is 0 Å². The maximum absolute atomic E-state index is 12.8. The number of hydrogen-bond acceptors (Lipinski definition) is 3. The first-order valence-corrected chi connectivity index (χ1v) is 4.61. The smallest absolute Gasteiger partial charge is 0.437 e. The molecule has 0 saturated carbocycles. The molecule has 0 amide bonds. The SMILES string of the molecule is COc1c(C(F)(F)F)ncc(CC#N)c1C(F)F. The average Bonchev–Trinajstić information content (AvgIpc) is 2.26. The van der Waals surface area contributed by atoms with Crippen LogP contribution in [-0.4, -0.2) is 12.1 Å². The predicted molar refractivity (Wildman–Crippen MR) is 50.1 cm³/mol. The highest BCUT2D eigenvalue weighted by Crippen LogP contribution is 2.41. The van der Waals surface area contributed by atoms with Gasteiger partial charge in [0.15, 0.2) is 11.4 Å². The van der Waals surface area contributed by atoms with E-state index in [-0.39, 0.29) is 5.56 Å². The third-order valence-electron chi connectivity index (χ3n) is 2.12. The quantitative estimate of drug-likeness (QED) is 0.789. The van der Waals surface area contributed by atoms with E-state index in [4.69, 9.17) is 5.26 Å². The zero-order chi connectivity index (χ0) is 13.9. The van der Waals surface area contributed by atoms with Gasteiger partial charge in [-0.15, -0.1) is 0 Å². The van der Waals surface area contributed by atoms with E-state index in [2.05, 4.69) is 9.72 Å². The number of halogens is 5. The van der Waals surface area contributed by atoms with Crippen molar-refractivity contribution in [3.05, 3.63) is 23.0 Å². The summed E-state index contributed by atoms with van der Waals surface area (Å²) in [7, 11) is 0.842. The van der Waals surface area contributed by atoms with Gasteiger partial charge in [0.05, 0.1) is 25.2 Å². The minimum atomic E-state index is -4.90. The van der Waals surface area contributed by atoms with Crippen molar-refractivity contribution in [1.82, 2.24) is 4.98 Å². The monoisotopic (exact) mass is 266 g/mol. The molecule has 0 aromatic carbocycles. The van der Waals surface area contributed by atoms with Gasteiger partial charge in [-0.25, -0.2) is 13.8 Å². The zero-order valence-corrected chi connectivity index (χ0v) is 9.05. The Morgan fingerprint density at radius 2 is 2.06 bits per heavy atom. The molecule has 3 nitrogen and oxygen atoms in total. The molecule has 0 atom stereocenters. The van der Waals surface area contributed by atoms with E-state index in [9.17, 15) is 22.0 Å². The van der Waals surface area contributed by atoms with Gasteiger partial charge >= 0.3 is 6.18 Å². The van der Waals surface area contributed by atoms with Crippen LogP contribution in [0.2, 0.25) is 0 Å². The fourth-order valence-electron chi connectivity index (χ4n) is 1.42. The summed E-state index contributed by atoms with van der Waals surface area (Å²) in [6.45, 7) is 0. The molecule has 8 heteroatoms. The Morgan fingerprint density at radius 1 is 1.44 bits per heavy atom. The van der Waals surface area contributed by atoms with Crippen LogP contribution in [0.3, 0.4) is 0 Å². The van der Waals surface area contributed by atoms with Crippen LogP contribution in [0.25, 0.3) is 0 Å². The van der Waals surface area contributed by atoms with Crippen molar-refractivity contribution >= 4 is 0 Å². The molecule has 0 aliphatic heterocycles. The predicted octanol–water partition coefficient (Wildman–Crippen LogP) is 3.11. The highest BCUT2D eigenvalue weighted by molar-refractivity contribution is 5.45. The Hall–Kier alpha value is -1.91. The van der Waals surface area contributed by atoms with Crippen molar-refractivity contribution in [2.75, 3.05) is 7.11 Å². The van der Waals surface area contributed by atoms with Crippen LogP contribution >= 0.6 is 0 Å². The molecule has 98 valence electrons. The third kappa shape index (κ3) is 2.67. The lowest BCUT2D eigenvalue weighted by Gasteiger charge is -2.16. The first kappa shape index (κ1) is 14.2. The van der Waals surface area contributed by atoms with Crippen LogP contribution in [0.1, 0.15) is 23.2 Å². The summed E-state index contributed by atoms with van der Waals surface area (Å²) in [5.74, 6) is -1.04. The highest BCUT2D eigenvalue weighted by atomic mass is 19.4. The molecule has 1 heterocycles. The van der Waals surface area contributed by atoms with Crippen LogP contribution in [0.5, 0.6) is 5.75 Å². The molecule has 0 spiro atoms. The molecule has 0 unspecified atom stereocenters. The highest BCUT2D eigenvalue weighted by Gasteiger charge is 2.39. The Bertz CT molecular complexity index is 478. The second-order valence-corrected chi connectivity index (χ2v) is 3.21. The molecule has 0 saturated heterocycles. The summed E-state index contributed by atoms with van der Waals surface area (Å²) in [5.41, 5.74) is -2.75. The number of ether oxygens (including phenoxy) is 1. The summed E-state index contributed by atoms with van der Waals surface area (Å²) in [5, 5.41) is 8.43. The van der Waals surface area contributed by atoms with Gasteiger partial charge in [0.2, 0.25) is 0 Å². The van der Waals surface area contributed by atoms with Gasteiger partial charge in [-0.2, -0.15) is 18.4 Å². The molecular weight excluding hydrogens is 259 g/mol. The molecule has 0 N–H and O–H groups in total. The van der Waals surface area contributed by atoms with Crippen LogP contribution in [0.4, 0.5) is 22.0 Å². The second-order valence-electron chi connectivity index (χ2n) is 3.21. The molecule has 0 aliphatic rings. The van der Waals surface area contributed by atoms with Crippen molar-refractivity contribution < 1.29 is 26.7 Å². The van der Waals surface area contributed by atoms with Crippen LogP contribution < -0.4 is 4.74 Å². The summed E-state index contributed by atoms with van der Waals surface area (Å²) in [4.78, 5) is 3.05. The van der Waals surface area contributed by atoms with E-state index in [1.54, 1.807) is 6.07 Å². The van der Waals surface area contributed by atoms with E-state index in [0.29, 0.717) is 6.20 Å². The van der Waals surface area contributed by atoms with Gasteiger partial charge in [0, 0.05) is 6.20 Å². The standard InChI is InChI=1S/C10H7F5N2O/c1-18-7-6(9(11)12)5(2-3-16)4-17-8(7)10(13,14)15/h4,9H,2H2,1H3. The molecule has 1 aromatic heterocycles. The van der Waals surface area contributed by atoms with Crippen molar-refractivity contribution in [3.63, 3.8) is 0 Å². The number of rotatable bonds is 3. The number of nitrogens with zero attached hydrogens (tertiary/aromatic N) is 2. The number of pyridine rings is 1. The van der Waals surface area contributed by atoms with Crippen LogP contribution in [-0.2, 0) is 12.6 Å². The summed E-state index contributed by atoms with van der Waals surface area (Å²) < 4.78 is 67.6. The maximum Gasteiger partial charge on any atom is 0.437 e. The van der Waals surface area contributed by atoms with Gasteiger partial charge in [-0.05, 0) is 5.56 Å². The number of nitriles is 1. The topological polar surface area (TPSA) is 45.9 Å². The molecule has 0 bridgehead atoms. The number of methoxy groups -OCH3 is 1. The normalized spacial score (nSPS) is 11.4. The zero-order valence-electron chi connectivity index (χ0n) is 9.05. The Kier molecular flexibility index (Phi) is 4.06. The van der Waals surface area contributed by atoms with Crippen molar-refractivity contribution in [2.45, 2.75) is 19.0 Å². The van der Waals surface area contributed by atoms with Gasteiger partial charge in [0.25, 0.3) is 6.43 Å². The van der Waals surface area contributed by atoms with E-state index in [1.165, 1.54) is 0 Å². The molecule has 1 aromatic rings. The van der Waals surface area contributed by atoms with Crippen molar-refractivity contribution in [3.8, 4) is 11.8 Å². The second kappa shape index (κ2) is 5.16. The van der Waals surface area contributed by atoms with Gasteiger partial charge in [-0.1, -0.05) is 0 Å². The molecule has 0 radical (unpaired) electrons. The van der Waals surface area contributed by atoms with E-state index in [1.807, 2.05) is 0 Å². The summed E-state index contributed by atoms with van der Waals surface area (Å²) in [6, 6.07) is 1.58. The summed E-state index contributed by atoms with van der Waals surface area (Å²) >= 11 is 0. The lowest BCUT2D eigenvalue weighted by molar-refractivity contribution is -0.142. The Labute approximate surface area is 98.8 Å². The van der Waals surface area contributed by atoms with Crippen LogP contribution in [0.15, 0.2) is 6.20 Å². The molecule has 18 heavy (non-hydrogen) atoms. The van der Waals surface area contributed by atoms with Crippen LogP contribution in [0, 0.1) is 11.3 Å². The lowest BCUT2D eigenvalue weighted by Crippen LogP contribution is -2.13. The van der Waals surface area contributed by atoms with Crippen molar-refractivity contribution in [1.29, 1.82) is 5.26 Å². The molecule has 1 rings (SSSR count). The third-order valence-corrected chi connectivity index (χ3v) is 2.12. The van der Waals surface area contributed by atoms with Crippen molar-refractivity contribution in [2.24, 2.45) is 0 Å². The Balaban J connectivity index is 3.54. The Morgan fingerprint density at radius 3 is 2.44 bits per heavy atom. The largest absolute Gasteiger partial charge is 0.494 e. The number of alkyl halides is 5. The fraction of sp³-hybridized carbons (Fsp3) is 0.400. The fourth-order valence-corrected chi connectivity index (χ4v) is 1.42. The van der Waals surface area contributed by atoms with Gasteiger partial charge in [-0.3, -0.25) is 0 Å². The summed E-state index contributed by atoms with van der Waals surface area (Å²) in [6.07, 6.45) is -7.94. The first-order valence-electron chi connectivity index (χ1n) is 4.61. The number of hydrogen-bond donors (Lipinski definition) is 0.